The Morgan fingerprint density at radius 1 is 1.50 bits per heavy atom. The van der Waals surface area contributed by atoms with E-state index < -0.39 is 11.8 Å². The molecule has 2 unspecified atom stereocenters. The quantitative estimate of drug-likeness (QED) is 0.465. The summed E-state index contributed by atoms with van der Waals surface area (Å²) in [6, 6.07) is 7.34. The second-order valence-corrected chi connectivity index (χ2v) is 4.28. The summed E-state index contributed by atoms with van der Waals surface area (Å²) in [6.07, 6.45) is -0.411. The van der Waals surface area contributed by atoms with Gasteiger partial charge in [0.05, 0.1) is 4.92 Å². The molecule has 0 bridgehead atoms. The molecule has 0 aliphatic carbocycles. The molecule has 0 saturated carbocycles. The summed E-state index contributed by atoms with van der Waals surface area (Å²) in [4.78, 5) is 10.2. The average Bonchev–Trinajstić information content (AvgIpc) is 2.81. The fourth-order valence-corrected chi connectivity index (χ4v) is 1.62. The number of epoxide rings is 1. The van der Waals surface area contributed by atoms with E-state index in [1.165, 1.54) is 6.92 Å². The van der Waals surface area contributed by atoms with Crippen LogP contribution in [0.2, 0.25) is 0 Å². The zero-order chi connectivity index (χ0) is 10.3. The van der Waals surface area contributed by atoms with Gasteiger partial charge in [-0.1, -0.05) is 28.1 Å². The third-order valence-electron chi connectivity index (χ3n) is 2.32. The maximum absolute atomic E-state index is 10.6. The number of hydrogen-bond donors (Lipinski definition) is 0. The lowest BCUT2D eigenvalue weighted by Crippen LogP contribution is -2.19. The van der Waals surface area contributed by atoms with E-state index >= 15 is 0 Å². The Labute approximate surface area is 89.2 Å². The van der Waals surface area contributed by atoms with Crippen LogP contribution in [0.3, 0.4) is 0 Å². The Kier molecular flexibility index (Phi) is 2.08. The predicted octanol–water partition coefficient (Wildman–Crippen LogP) is 2.51. The number of halogens is 1. The first-order valence-electron chi connectivity index (χ1n) is 4.12. The van der Waals surface area contributed by atoms with Crippen molar-refractivity contribution in [3.05, 3.63) is 44.4 Å². The van der Waals surface area contributed by atoms with Crippen LogP contribution in [0.5, 0.6) is 0 Å². The van der Waals surface area contributed by atoms with Crippen LogP contribution in [0.15, 0.2) is 28.7 Å². The maximum Gasteiger partial charge on any atom is 0.353 e. The molecule has 2 atom stereocenters. The minimum absolute atomic E-state index is 0.389. The van der Waals surface area contributed by atoms with E-state index in [0.29, 0.717) is 0 Å². The number of ether oxygens (including phenoxy) is 1. The molecular formula is C9H8BrNO3. The first-order chi connectivity index (χ1) is 6.54. The fourth-order valence-electron chi connectivity index (χ4n) is 1.36. The lowest BCUT2D eigenvalue weighted by molar-refractivity contribution is -0.558. The van der Waals surface area contributed by atoms with Gasteiger partial charge >= 0.3 is 5.72 Å². The normalized spacial score (nSPS) is 30.0. The largest absolute Gasteiger partial charge is 0.353 e. The topological polar surface area (TPSA) is 55.7 Å². The summed E-state index contributed by atoms with van der Waals surface area (Å²) in [6.45, 7) is 1.49. The Balaban J connectivity index is 2.21. The number of hydrogen-bond acceptors (Lipinski definition) is 3. The van der Waals surface area contributed by atoms with Crippen LogP contribution in [0, 0.1) is 10.1 Å². The van der Waals surface area contributed by atoms with Gasteiger partial charge < -0.3 is 0 Å². The van der Waals surface area contributed by atoms with Gasteiger partial charge in [-0.25, -0.2) is 0 Å². The monoisotopic (exact) mass is 257 g/mol. The van der Waals surface area contributed by atoms with Gasteiger partial charge in [-0.05, 0) is 17.7 Å². The standard InChI is InChI=1S/C9H8BrNO3/c1-9(11(12)13)8(14-9)6-2-4-7(10)5-3-6/h2-5,8H,1H3. The molecule has 5 heteroatoms. The van der Waals surface area contributed by atoms with E-state index in [-0.39, 0.29) is 4.92 Å². The minimum Gasteiger partial charge on any atom is -0.294 e. The molecule has 1 aliphatic rings. The summed E-state index contributed by atoms with van der Waals surface area (Å²) in [5.41, 5.74) is -0.388. The SMILES string of the molecule is CC1([N+](=O)[O-])OC1c1ccc(Br)cc1. The molecule has 0 amide bonds. The van der Waals surface area contributed by atoms with E-state index in [9.17, 15) is 10.1 Å². The number of rotatable bonds is 2. The van der Waals surface area contributed by atoms with Crippen LogP contribution < -0.4 is 0 Å². The third-order valence-corrected chi connectivity index (χ3v) is 2.85. The van der Waals surface area contributed by atoms with Crippen LogP contribution in [-0.2, 0) is 4.74 Å². The van der Waals surface area contributed by atoms with Crippen molar-refractivity contribution in [3.63, 3.8) is 0 Å². The summed E-state index contributed by atoms with van der Waals surface area (Å²) >= 11 is 3.30. The molecule has 1 fully saturated rings. The minimum atomic E-state index is -1.23. The highest BCUT2D eigenvalue weighted by molar-refractivity contribution is 9.10. The van der Waals surface area contributed by atoms with Crippen molar-refractivity contribution in [1.82, 2.24) is 0 Å². The van der Waals surface area contributed by atoms with Crippen molar-refractivity contribution in [2.24, 2.45) is 0 Å². The van der Waals surface area contributed by atoms with Crippen molar-refractivity contribution < 1.29 is 9.66 Å². The third kappa shape index (κ3) is 1.42. The average molecular weight is 258 g/mol. The molecule has 0 spiro atoms. The molecule has 1 heterocycles. The van der Waals surface area contributed by atoms with E-state index in [1.54, 1.807) is 0 Å². The van der Waals surface area contributed by atoms with Crippen molar-refractivity contribution in [2.45, 2.75) is 18.8 Å². The smallest absolute Gasteiger partial charge is 0.294 e. The lowest BCUT2D eigenvalue weighted by atomic mass is 10.1. The highest BCUT2D eigenvalue weighted by atomic mass is 79.9. The summed E-state index contributed by atoms with van der Waals surface area (Å²) in [5.74, 6) is 0. The van der Waals surface area contributed by atoms with Crippen LogP contribution in [0.4, 0.5) is 0 Å². The summed E-state index contributed by atoms with van der Waals surface area (Å²) in [7, 11) is 0. The van der Waals surface area contributed by atoms with Gasteiger partial charge in [0.25, 0.3) is 0 Å². The second-order valence-electron chi connectivity index (χ2n) is 3.36. The molecule has 1 aromatic rings. The van der Waals surface area contributed by atoms with Crippen LogP contribution >= 0.6 is 15.9 Å². The van der Waals surface area contributed by atoms with Crippen LogP contribution in [-0.4, -0.2) is 10.6 Å². The van der Waals surface area contributed by atoms with Gasteiger partial charge in [-0.2, -0.15) is 0 Å². The molecule has 0 aromatic heterocycles. The van der Waals surface area contributed by atoms with Gasteiger partial charge in [0.2, 0.25) is 0 Å². The van der Waals surface area contributed by atoms with E-state index in [1.807, 2.05) is 24.3 Å². The second kappa shape index (κ2) is 3.03. The highest BCUT2D eigenvalue weighted by Crippen LogP contribution is 2.49. The molecule has 74 valence electrons. The molecule has 0 N–H and O–H groups in total. The van der Waals surface area contributed by atoms with Crippen LogP contribution in [0.25, 0.3) is 0 Å². The zero-order valence-corrected chi connectivity index (χ0v) is 9.02. The first-order valence-corrected chi connectivity index (χ1v) is 4.91. The molecule has 4 nitrogen and oxygen atoms in total. The predicted molar refractivity (Wildman–Crippen MR) is 53.4 cm³/mol. The molecule has 1 aliphatic heterocycles. The fraction of sp³-hybridized carbons (Fsp3) is 0.333. The first kappa shape index (κ1) is 9.61. The molecule has 2 rings (SSSR count). The Hall–Kier alpha value is -0.940. The Morgan fingerprint density at radius 2 is 2.07 bits per heavy atom. The van der Waals surface area contributed by atoms with Crippen molar-refractivity contribution in [1.29, 1.82) is 0 Å². The maximum atomic E-state index is 10.6. The molecular weight excluding hydrogens is 250 g/mol. The van der Waals surface area contributed by atoms with Gasteiger partial charge in [0.15, 0.2) is 6.10 Å². The summed E-state index contributed by atoms with van der Waals surface area (Å²) in [5, 5.41) is 10.6. The van der Waals surface area contributed by atoms with Crippen molar-refractivity contribution in [2.75, 3.05) is 0 Å². The molecule has 14 heavy (non-hydrogen) atoms. The zero-order valence-electron chi connectivity index (χ0n) is 7.44. The Morgan fingerprint density at radius 3 is 2.50 bits per heavy atom. The van der Waals surface area contributed by atoms with E-state index in [0.717, 1.165) is 10.0 Å². The van der Waals surface area contributed by atoms with Gasteiger partial charge in [0, 0.05) is 11.4 Å². The van der Waals surface area contributed by atoms with Crippen LogP contribution in [0.1, 0.15) is 18.6 Å². The van der Waals surface area contributed by atoms with Gasteiger partial charge in [-0.15, -0.1) is 0 Å². The number of nitrogens with zero attached hydrogens (tertiary/aromatic N) is 1. The molecule has 0 radical (unpaired) electrons. The van der Waals surface area contributed by atoms with Gasteiger partial charge in [0.1, 0.15) is 0 Å². The van der Waals surface area contributed by atoms with E-state index in [2.05, 4.69) is 15.9 Å². The number of nitro groups is 1. The molecule has 1 aromatic carbocycles. The van der Waals surface area contributed by atoms with Crippen molar-refractivity contribution in [3.8, 4) is 0 Å². The van der Waals surface area contributed by atoms with Crippen molar-refractivity contribution >= 4 is 15.9 Å². The summed E-state index contributed by atoms with van der Waals surface area (Å²) < 4.78 is 6.03. The van der Waals surface area contributed by atoms with Gasteiger partial charge in [-0.3, -0.25) is 14.9 Å². The molecule has 1 saturated heterocycles. The lowest BCUT2D eigenvalue weighted by Gasteiger charge is -1.97. The Bertz CT molecular complexity index is 378. The van der Waals surface area contributed by atoms with E-state index in [4.69, 9.17) is 4.74 Å². The highest BCUT2D eigenvalue weighted by Gasteiger charge is 2.65. The number of benzene rings is 1.